The van der Waals surface area contributed by atoms with Crippen molar-refractivity contribution in [3.8, 4) is 0 Å². The molecule has 0 atom stereocenters. The topological polar surface area (TPSA) is 61.8 Å². The number of nitrogens with one attached hydrogen (secondary N) is 1. The Labute approximate surface area is 76.6 Å². The molecule has 1 heterocycles. The molecule has 1 aliphatic carbocycles. The number of amides is 2. The minimum atomic E-state index is -0.606. The van der Waals surface area contributed by atoms with Crippen LogP contribution in [0.2, 0.25) is 0 Å². The molecule has 0 aromatic carbocycles. The highest BCUT2D eigenvalue weighted by molar-refractivity contribution is 5.74. The summed E-state index contributed by atoms with van der Waals surface area (Å²) in [6.07, 6.45) is 2.19. The summed E-state index contributed by atoms with van der Waals surface area (Å²) in [7, 11) is 1.39. The summed E-state index contributed by atoms with van der Waals surface area (Å²) >= 11 is 0. The summed E-state index contributed by atoms with van der Waals surface area (Å²) in [6, 6.07) is -0.271. The lowest BCUT2D eigenvalue weighted by Crippen LogP contribution is -2.66. The van der Waals surface area contributed by atoms with Gasteiger partial charge in [0.15, 0.2) is 0 Å². The molecule has 0 spiro atoms. The van der Waals surface area contributed by atoms with E-state index in [2.05, 4.69) is 10.3 Å². The Morgan fingerprint density at radius 2 is 2.23 bits per heavy atom. The van der Waals surface area contributed by atoms with Crippen LogP contribution in [0.15, 0.2) is 0 Å². The van der Waals surface area contributed by atoms with Gasteiger partial charge in [-0.25, -0.2) is 10.3 Å². The number of hydrogen-bond donors (Lipinski definition) is 2. The van der Waals surface area contributed by atoms with E-state index in [0.717, 1.165) is 12.8 Å². The maximum Gasteiger partial charge on any atom is 0.341 e. The third-order valence-electron chi connectivity index (χ3n) is 2.74. The van der Waals surface area contributed by atoms with Gasteiger partial charge >= 0.3 is 6.03 Å². The van der Waals surface area contributed by atoms with Gasteiger partial charge in [-0.1, -0.05) is 0 Å². The molecule has 0 aromatic rings. The van der Waals surface area contributed by atoms with Crippen LogP contribution in [-0.4, -0.2) is 41.8 Å². The number of likely N-dealkylation sites (tertiary alicyclic amines) is 1. The smallest absolute Gasteiger partial charge is 0.341 e. The van der Waals surface area contributed by atoms with E-state index in [-0.39, 0.29) is 6.03 Å². The number of urea groups is 1. The minimum absolute atomic E-state index is 0.271. The average molecular weight is 186 g/mol. The lowest BCUT2D eigenvalue weighted by molar-refractivity contribution is -0.0968. The maximum atomic E-state index is 11.1. The fourth-order valence-corrected chi connectivity index (χ4v) is 1.79. The molecule has 2 N–H and O–H groups in total. The zero-order valence-electron chi connectivity index (χ0n) is 7.62. The Morgan fingerprint density at radius 1 is 1.62 bits per heavy atom. The summed E-state index contributed by atoms with van der Waals surface area (Å²) in [5.74, 6) is 0.416. The number of rotatable bonds is 2. The first-order chi connectivity index (χ1) is 6.15. The molecule has 1 aliphatic heterocycles. The molecule has 5 nitrogen and oxygen atoms in total. The normalized spacial score (nSPS) is 25.2. The Bertz CT molecular complexity index is 221. The van der Waals surface area contributed by atoms with Crippen LogP contribution in [0.5, 0.6) is 0 Å². The number of aliphatic hydroxyl groups is 1. The summed E-state index contributed by atoms with van der Waals surface area (Å²) in [5, 5.41) is 9.87. The largest absolute Gasteiger partial charge is 0.386 e. The van der Waals surface area contributed by atoms with Crippen molar-refractivity contribution in [2.24, 2.45) is 5.92 Å². The molecule has 0 aromatic heterocycles. The van der Waals surface area contributed by atoms with Gasteiger partial charge < -0.3 is 10.0 Å². The molecule has 5 heteroatoms. The van der Waals surface area contributed by atoms with Gasteiger partial charge in [0, 0.05) is 0 Å². The number of carbonyl (C=O) groups is 1. The van der Waals surface area contributed by atoms with Gasteiger partial charge in [0.1, 0.15) is 5.60 Å². The number of β-amino-alcohol motifs (C(OH)–C–C–N with tert-alkyl or cyclic N) is 1. The van der Waals surface area contributed by atoms with Gasteiger partial charge in [-0.2, -0.15) is 0 Å². The van der Waals surface area contributed by atoms with Crippen molar-refractivity contribution in [2.45, 2.75) is 18.4 Å². The molecule has 0 radical (unpaired) electrons. The van der Waals surface area contributed by atoms with Gasteiger partial charge in [-0.05, 0) is 18.8 Å². The van der Waals surface area contributed by atoms with Crippen molar-refractivity contribution in [1.82, 2.24) is 10.4 Å². The van der Waals surface area contributed by atoms with Crippen LogP contribution in [0.3, 0.4) is 0 Å². The Hall–Kier alpha value is -0.810. The second-order valence-corrected chi connectivity index (χ2v) is 3.85. The van der Waals surface area contributed by atoms with Crippen molar-refractivity contribution in [2.75, 3.05) is 20.2 Å². The molecule has 2 rings (SSSR count). The Balaban J connectivity index is 1.79. The molecule has 74 valence electrons. The predicted molar refractivity (Wildman–Crippen MR) is 44.8 cm³/mol. The standard InChI is InChI=1S/C8H14N2O3/c1-13-9-7(11)10-4-8(12,5-10)6-2-3-6/h6,12H,2-5H2,1H3,(H,9,11). The monoisotopic (exact) mass is 186 g/mol. The van der Waals surface area contributed by atoms with Crippen LogP contribution in [-0.2, 0) is 4.84 Å². The fraction of sp³-hybridized carbons (Fsp3) is 0.875. The summed E-state index contributed by atoms with van der Waals surface area (Å²) in [6.45, 7) is 0.875. The number of hydrogen-bond acceptors (Lipinski definition) is 3. The van der Waals surface area contributed by atoms with Crippen LogP contribution in [0.25, 0.3) is 0 Å². The van der Waals surface area contributed by atoms with Crippen molar-refractivity contribution in [1.29, 1.82) is 0 Å². The third kappa shape index (κ3) is 1.49. The van der Waals surface area contributed by atoms with E-state index in [9.17, 15) is 9.90 Å². The first kappa shape index (κ1) is 8.77. The van der Waals surface area contributed by atoms with Crippen molar-refractivity contribution in [3.05, 3.63) is 0 Å². The fourth-order valence-electron chi connectivity index (χ4n) is 1.79. The lowest BCUT2D eigenvalue weighted by Gasteiger charge is -2.46. The highest BCUT2D eigenvalue weighted by Crippen LogP contribution is 2.44. The summed E-state index contributed by atoms with van der Waals surface area (Å²) in [5.41, 5.74) is 1.61. The van der Waals surface area contributed by atoms with Gasteiger partial charge in [-0.15, -0.1) is 0 Å². The summed E-state index contributed by atoms with van der Waals surface area (Å²) in [4.78, 5) is 17.2. The number of hydroxylamine groups is 1. The zero-order chi connectivity index (χ0) is 9.47. The van der Waals surface area contributed by atoms with Gasteiger partial charge in [-0.3, -0.25) is 4.84 Å². The van der Waals surface area contributed by atoms with E-state index in [1.54, 1.807) is 4.90 Å². The van der Waals surface area contributed by atoms with Gasteiger partial charge in [0.05, 0.1) is 20.2 Å². The maximum absolute atomic E-state index is 11.1. The molecule has 13 heavy (non-hydrogen) atoms. The van der Waals surface area contributed by atoms with Crippen LogP contribution >= 0.6 is 0 Å². The molecule has 0 bridgehead atoms. The molecule has 2 amide bonds. The lowest BCUT2D eigenvalue weighted by atomic mass is 9.89. The molecule has 2 fully saturated rings. The number of nitrogens with zero attached hydrogens (tertiary/aromatic N) is 1. The second kappa shape index (κ2) is 2.85. The number of carbonyl (C=O) groups excluding carboxylic acids is 1. The average Bonchev–Trinajstić information content (AvgIpc) is 2.81. The zero-order valence-corrected chi connectivity index (χ0v) is 7.62. The van der Waals surface area contributed by atoms with Crippen molar-refractivity contribution < 1.29 is 14.7 Å². The van der Waals surface area contributed by atoms with E-state index in [1.807, 2.05) is 0 Å². The first-order valence-corrected chi connectivity index (χ1v) is 4.46. The van der Waals surface area contributed by atoms with E-state index < -0.39 is 5.60 Å². The van der Waals surface area contributed by atoms with Crippen LogP contribution in [0.4, 0.5) is 4.79 Å². The van der Waals surface area contributed by atoms with Crippen LogP contribution < -0.4 is 5.48 Å². The quantitative estimate of drug-likeness (QED) is 0.583. The first-order valence-electron chi connectivity index (χ1n) is 4.46. The Morgan fingerprint density at radius 3 is 2.69 bits per heavy atom. The van der Waals surface area contributed by atoms with Crippen LogP contribution in [0, 0.1) is 5.92 Å². The third-order valence-corrected chi connectivity index (χ3v) is 2.74. The van der Waals surface area contributed by atoms with Gasteiger partial charge in [0.2, 0.25) is 0 Å². The van der Waals surface area contributed by atoms with E-state index in [0.29, 0.717) is 19.0 Å². The van der Waals surface area contributed by atoms with Crippen molar-refractivity contribution >= 4 is 6.03 Å². The molecule has 0 unspecified atom stereocenters. The Kier molecular flexibility index (Phi) is 1.92. The van der Waals surface area contributed by atoms with Gasteiger partial charge in [0.25, 0.3) is 0 Å². The molecule has 1 saturated carbocycles. The van der Waals surface area contributed by atoms with E-state index >= 15 is 0 Å². The molecule has 2 aliphatic rings. The minimum Gasteiger partial charge on any atom is -0.386 e. The molecular formula is C8H14N2O3. The van der Waals surface area contributed by atoms with Crippen molar-refractivity contribution in [3.63, 3.8) is 0 Å². The SMILES string of the molecule is CONC(=O)N1CC(O)(C2CC2)C1. The second-order valence-electron chi connectivity index (χ2n) is 3.85. The van der Waals surface area contributed by atoms with E-state index in [4.69, 9.17) is 0 Å². The highest BCUT2D eigenvalue weighted by atomic mass is 16.6. The van der Waals surface area contributed by atoms with E-state index in [1.165, 1.54) is 7.11 Å². The molecular weight excluding hydrogens is 172 g/mol. The molecule has 1 saturated heterocycles. The van der Waals surface area contributed by atoms with Crippen LogP contribution in [0.1, 0.15) is 12.8 Å². The highest BCUT2D eigenvalue weighted by Gasteiger charge is 2.53. The predicted octanol–water partition coefficient (Wildman–Crippen LogP) is -0.286. The summed E-state index contributed by atoms with van der Waals surface area (Å²) < 4.78 is 0.